The number of carbonyl (C=O) groups is 2. The molecular weight excluding hydrogens is 497 g/mol. The summed E-state index contributed by atoms with van der Waals surface area (Å²) in [6.45, 7) is 0. The van der Waals surface area contributed by atoms with Gasteiger partial charge in [-0.3, -0.25) is 0 Å². The Morgan fingerprint density at radius 1 is 0.865 bits per heavy atom. The van der Waals surface area contributed by atoms with Crippen LogP contribution in [0.2, 0.25) is 0 Å². The zero-order chi connectivity index (χ0) is 26.0. The van der Waals surface area contributed by atoms with Gasteiger partial charge in [0.25, 0.3) is 0 Å². The summed E-state index contributed by atoms with van der Waals surface area (Å²) in [7, 11) is 0. The number of aromatic hydroxyl groups is 5. The van der Waals surface area contributed by atoms with E-state index in [-0.39, 0.29) is 63.8 Å². The van der Waals surface area contributed by atoms with Gasteiger partial charge >= 0.3 is 29.0 Å². The van der Waals surface area contributed by atoms with Crippen LogP contribution in [0.25, 0.3) is 28.4 Å². The number of esters is 1. The second kappa shape index (κ2) is 11.1. The van der Waals surface area contributed by atoms with Crippen molar-refractivity contribution in [2.75, 3.05) is 0 Å². The molecule has 0 saturated heterocycles. The Morgan fingerprint density at radius 2 is 1.51 bits per heavy atom. The summed E-state index contributed by atoms with van der Waals surface area (Å²) < 4.78 is 10.7. The maximum absolute atomic E-state index is 12.3. The first-order valence-electron chi connectivity index (χ1n) is 10.5. The Hall–Kier alpha value is -4.35. The Morgan fingerprint density at radius 3 is 2.16 bits per heavy atom. The summed E-state index contributed by atoms with van der Waals surface area (Å²) in [4.78, 5) is 23.8. The van der Waals surface area contributed by atoms with Crippen LogP contribution >= 0.6 is 0 Å². The molecule has 0 aliphatic carbocycles. The van der Waals surface area contributed by atoms with E-state index in [4.69, 9.17) is 9.15 Å². The summed E-state index contributed by atoms with van der Waals surface area (Å²) in [5.41, 5.74) is 1.26. The number of rotatable bonds is 7. The standard InChI is InChI=1S/C26H20O10.Mg/c27-17-5-1-13(9-20(17)30)10-23(26(33)34)35-24(32)8-4-14-2-7-19(29)25-16(14)12-22(36-25)15-3-6-18(28)21(31)11-15;/h1-9,11-12,23,27-31H,10H2,(H,33,34);/q;+2/p-1/b8-4+;/t23-;/m1./s1. The molecule has 3 aromatic carbocycles. The van der Waals surface area contributed by atoms with Crippen molar-refractivity contribution in [2.24, 2.45) is 0 Å². The average molecular weight is 516 g/mol. The van der Waals surface area contributed by atoms with Gasteiger partial charge in [0.1, 0.15) is 11.9 Å². The van der Waals surface area contributed by atoms with Crippen LogP contribution in [-0.2, 0) is 20.7 Å². The third kappa shape index (κ3) is 6.08. The van der Waals surface area contributed by atoms with E-state index in [2.05, 4.69) is 0 Å². The SMILES string of the molecule is O=C(/C=C/c1ccc(O)c2oc(-c3ccc(O)c(O)c3)cc12)O[C@H](Cc1ccc(O)c(O)c1)C(=O)[O-].[Mg+2]. The summed E-state index contributed by atoms with van der Waals surface area (Å²) >= 11 is 0. The molecule has 0 aliphatic heterocycles. The van der Waals surface area contributed by atoms with Crippen LogP contribution in [0.3, 0.4) is 0 Å². The number of phenols is 5. The van der Waals surface area contributed by atoms with Gasteiger partial charge in [-0.2, -0.15) is 0 Å². The molecule has 10 nitrogen and oxygen atoms in total. The molecule has 1 aromatic heterocycles. The number of hydrogen-bond acceptors (Lipinski definition) is 10. The smallest absolute Gasteiger partial charge is 0.546 e. The van der Waals surface area contributed by atoms with E-state index in [1.165, 1.54) is 48.5 Å². The van der Waals surface area contributed by atoms with Crippen LogP contribution in [0.1, 0.15) is 11.1 Å². The van der Waals surface area contributed by atoms with Crippen molar-refractivity contribution in [3.8, 4) is 40.1 Å². The van der Waals surface area contributed by atoms with E-state index < -0.39 is 23.8 Å². The van der Waals surface area contributed by atoms with Gasteiger partial charge in [0.05, 0.1) is 5.97 Å². The number of aliphatic carboxylic acids is 1. The average Bonchev–Trinajstić information content (AvgIpc) is 3.29. The van der Waals surface area contributed by atoms with Crippen molar-refractivity contribution in [3.63, 3.8) is 0 Å². The van der Waals surface area contributed by atoms with Gasteiger partial charge in [0.2, 0.25) is 0 Å². The Kier molecular flexibility index (Phi) is 8.20. The van der Waals surface area contributed by atoms with E-state index in [0.717, 1.165) is 12.1 Å². The fourth-order valence-corrected chi connectivity index (χ4v) is 3.51. The van der Waals surface area contributed by atoms with Gasteiger partial charge in [-0.25, -0.2) is 4.79 Å². The number of carboxylic acid groups (broad SMARTS) is 1. The molecule has 0 unspecified atom stereocenters. The van der Waals surface area contributed by atoms with Crippen LogP contribution in [0, 0.1) is 0 Å². The fraction of sp³-hybridized carbons (Fsp3) is 0.0769. The number of carboxylic acids is 1. The predicted octanol–water partition coefficient (Wildman–Crippen LogP) is 2.16. The molecule has 0 amide bonds. The van der Waals surface area contributed by atoms with Crippen molar-refractivity contribution >= 4 is 52.0 Å². The molecule has 184 valence electrons. The molecule has 0 aliphatic rings. The molecule has 0 fully saturated rings. The molecule has 4 rings (SSSR count). The van der Waals surface area contributed by atoms with E-state index >= 15 is 0 Å². The van der Waals surface area contributed by atoms with Gasteiger partial charge in [-0.05, 0) is 59.7 Å². The van der Waals surface area contributed by atoms with E-state index in [1.807, 2.05) is 0 Å². The first-order chi connectivity index (χ1) is 17.1. The second-order valence-corrected chi connectivity index (χ2v) is 7.84. The van der Waals surface area contributed by atoms with Gasteiger partial charge in [-0.1, -0.05) is 12.1 Å². The number of benzene rings is 3. The number of fused-ring (bicyclic) bond motifs is 1. The molecule has 0 spiro atoms. The van der Waals surface area contributed by atoms with Crippen LogP contribution in [0.15, 0.2) is 65.1 Å². The minimum Gasteiger partial charge on any atom is -0.546 e. The van der Waals surface area contributed by atoms with Gasteiger partial charge in [0.15, 0.2) is 34.3 Å². The third-order valence-corrected chi connectivity index (χ3v) is 5.34. The number of phenolic OH excluding ortho intramolecular Hbond substituents is 5. The van der Waals surface area contributed by atoms with Gasteiger partial charge in [0, 0.05) is 23.4 Å². The van der Waals surface area contributed by atoms with Crippen LogP contribution < -0.4 is 5.11 Å². The molecule has 11 heteroatoms. The van der Waals surface area contributed by atoms with Crippen molar-refractivity contribution in [3.05, 3.63) is 71.8 Å². The summed E-state index contributed by atoms with van der Waals surface area (Å²) in [5, 5.41) is 60.3. The molecular formula is C26H19MgO10+. The van der Waals surface area contributed by atoms with Gasteiger partial charge < -0.3 is 44.6 Å². The minimum absolute atomic E-state index is 0. The quantitative estimate of drug-likeness (QED) is 0.106. The van der Waals surface area contributed by atoms with E-state index in [0.29, 0.717) is 22.1 Å². The normalized spacial score (nSPS) is 11.8. The maximum Gasteiger partial charge on any atom is 2.00 e. The number of furan rings is 1. The topological polar surface area (TPSA) is 181 Å². The number of ether oxygens (including phenoxy) is 1. The molecule has 0 bridgehead atoms. The third-order valence-electron chi connectivity index (χ3n) is 5.34. The van der Waals surface area contributed by atoms with Crippen LogP contribution in [-0.4, -0.2) is 66.6 Å². The fourth-order valence-electron chi connectivity index (χ4n) is 3.51. The number of carbonyl (C=O) groups excluding carboxylic acids is 2. The van der Waals surface area contributed by atoms with E-state index in [9.17, 15) is 40.2 Å². The van der Waals surface area contributed by atoms with Crippen LogP contribution in [0.5, 0.6) is 28.7 Å². The minimum atomic E-state index is -1.66. The summed E-state index contributed by atoms with van der Waals surface area (Å²) in [6, 6.07) is 12.2. The Labute approximate surface area is 225 Å². The molecule has 0 radical (unpaired) electrons. The Bertz CT molecular complexity index is 1510. The maximum atomic E-state index is 12.3. The van der Waals surface area contributed by atoms with Crippen molar-refractivity contribution in [2.45, 2.75) is 12.5 Å². The van der Waals surface area contributed by atoms with E-state index in [1.54, 1.807) is 6.07 Å². The van der Waals surface area contributed by atoms with Crippen molar-refractivity contribution in [1.82, 2.24) is 0 Å². The van der Waals surface area contributed by atoms with Crippen molar-refractivity contribution < 1.29 is 49.4 Å². The molecule has 0 saturated carbocycles. The molecule has 5 N–H and O–H groups in total. The second-order valence-electron chi connectivity index (χ2n) is 7.84. The van der Waals surface area contributed by atoms with Gasteiger partial charge in [-0.15, -0.1) is 0 Å². The first kappa shape index (κ1) is 27.2. The van der Waals surface area contributed by atoms with Crippen molar-refractivity contribution in [1.29, 1.82) is 0 Å². The summed E-state index contributed by atoms with van der Waals surface area (Å²) in [6.07, 6.45) is 0.378. The van der Waals surface area contributed by atoms with Crippen LogP contribution in [0.4, 0.5) is 0 Å². The zero-order valence-corrected chi connectivity index (χ0v) is 20.5. The zero-order valence-electron chi connectivity index (χ0n) is 19.1. The molecule has 4 aromatic rings. The molecule has 1 heterocycles. The number of hydrogen-bond donors (Lipinski definition) is 5. The molecule has 37 heavy (non-hydrogen) atoms. The largest absolute Gasteiger partial charge is 2.00 e. The molecule has 1 atom stereocenters. The predicted molar refractivity (Wildman–Crippen MR) is 130 cm³/mol. The Balaban J connectivity index is 0.00000380. The first-order valence-corrected chi connectivity index (χ1v) is 10.5. The monoisotopic (exact) mass is 515 g/mol. The summed E-state index contributed by atoms with van der Waals surface area (Å²) in [5.74, 6) is -4.03.